The van der Waals surface area contributed by atoms with Crippen LogP contribution in [0.15, 0.2) is 48.2 Å². The molecule has 1 aromatic heterocycles. The van der Waals surface area contributed by atoms with Gasteiger partial charge >= 0.3 is 6.03 Å². The number of amides is 3. The fourth-order valence-electron chi connectivity index (χ4n) is 3.85. The molecule has 0 fully saturated rings. The number of fused-ring (bicyclic) bond motifs is 2. The van der Waals surface area contributed by atoms with E-state index in [4.69, 9.17) is 0 Å². The Bertz CT molecular complexity index is 1050. The Morgan fingerprint density at radius 3 is 2.77 bits per heavy atom. The van der Waals surface area contributed by atoms with Gasteiger partial charge in [0.15, 0.2) is 5.82 Å². The molecule has 2 N–H and O–H groups in total. The summed E-state index contributed by atoms with van der Waals surface area (Å²) in [5.41, 5.74) is 3.61. The molecule has 8 nitrogen and oxygen atoms in total. The highest BCUT2D eigenvalue weighted by Gasteiger charge is 2.26. The van der Waals surface area contributed by atoms with Gasteiger partial charge in [0, 0.05) is 43.2 Å². The summed E-state index contributed by atoms with van der Waals surface area (Å²) in [6, 6.07) is 7.52. The zero-order valence-electron chi connectivity index (χ0n) is 17.5. The molecule has 3 heterocycles. The van der Waals surface area contributed by atoms with Crippen molar-refractivity contribution in [1.29, 1.82) is 0 Å². The molecule has 1 aromatic carbocycles. The molecule has 0 saturated heterocycles. The van der Waals surface area contributed by atoms with E-state index in [1.165, 1.54) is 0 Å². The monoisotopic (exact) mass is 406 g/mol. The maximum Gasteiger partial charge on any atom is 0.324 e. The highest BCUT2D eigenvalue weighted by Crippen LogP contribution is 2.34. The molecule has 0 atom stereocenters. The van der Waals surface area contributed by atoms with Gasteiger partial charge in [-0.3, -0.25) is 10.1 Å². The van der Waals surface area contributed by atoms with Gasteiger partial charge in [-0.15, -0.1) is 0 Å². The topological polar surface area (TPSA) is 82.5 Å². The number of carbonyl (C=O) groups excluding carboxylic acids is 2. The standard InChI is InChI=1S/C22H26N6O2/c1-4-6-16(5-2)23-22(30)24-19-14-20-27(11-12-28(20)25-19)17-7-8-18-15(13-17)9-10-26(3)21(18)29/h4-8,13-14H,9-12H2,1-3H3,(H2,23,24,25,30)/b6-4-,16-5+. The van der Waals surface area contributed by atoms with Gasteiger partial charge in [-0.2, -0.15) is 5.10 Å². The summed E-state index contributed by atoms with van der Waals surface area (Å²) >= 11 is 0. The van der Waals surface area contributed by atoms with Crippen LogP contribution in [-0.4, -0.2) is 46.8 Å². The van der Waals surface area contributed by atoms with Crippen LogP contribution in [0.3, 0.4) is 0 Å². The van der Waals surface area contributed by atoms with Gasteiger partial charge in [0.25, 0.3) is 5.91 Å². The Kier molecular flexibility index (Phi) is 5.31. The number of likely N-dealkylation sites (N-methyl/N-ethyl adjacent to an activating group) is 1. The van der Waals surface area contributed by atoms with Gasteiger partial charge in [0.05, 0.1) is 6.54 Å². The Labute approximate surface area is 175 Å². The third kappa shape index (κ3) is 3.68. The predicted octanol–water partition coefficient (Wildman–Crippen LogP) is 3.26. The second-order valence-corrected chi connectivity index (χ2v) is 7.40. The van der Waals surface area contributed by atoms with Gasteiger partial charge in [-0.25, -0.2) is 9.48 Å². The Morgan fingerprint density at radius 2 is 2.00 bits per heavy atom. The third-order valence-corrected chi connectivity index (χ3v) is 5.42. The lowest BCUT2D eigenvalue weighted by molar-refractivity contribution is 0.0781. The van der Waals surface area contributed by atoms with Crippen molar-refractivity contribution >= 4 is 29.3 Å². The zero-order valence-corrected chi connectivity index (χ0v) is 17.5. The Morgan fingerprint density at radius 1 is 1.17 bits per heavy atom. The molecule has 0 unspecified atom stereocenters. The van der Waals surface area contributed by atoms with E-state index in [0.29, 0.717) is 5.82 Å². The number of hydrogen-bond acceptors (Lipinski definition) is 4. The largest absolute Gasteiger partial charge is 0.341 e. The highest BCUT2D eigenvalue weighted by molar-refractivity contribution is 5.97. The second-order valence-electron chi connectivity index (χ2n) is 7.40. The van der Waals surface area contributed by atoms with E-state index in [-0.39, 0.29) is 11.9 Å². The molecule has 0 radical (unpaired) electrons. The van der Waals surface area contributed by atoms with Crippen molar-refractivity contribution in [2.45, 2.75) is 26.8 Å². The van der Waals surface area contributed by atoms with Crippen molar-refractivity contribution in [3.05, 3.63) is 59.3 Å². The molecule has 0 aliphatic carbocycles. The van der Waals surface area contributed by atoms with E-state index in [2.05, 4.69) is 26.7 Å². The van der Waals surface area contributed by atoms with Crippen LogP contribution in [0.4, 0.5) is 22.1 Å². The Hall–Kier alpha value is -3.55. The lowest BCUT2D eigenvalue weighted by Crippen LogP contribution is -2.34. The SMILES string of the molecule is C/C=C\C(=C/C)NC(=O)Nc1cc2n(n1)CCN2c1ccc2c(c1)CCN(C)C2=O. The van der Waals surface area contributed by atoms with Gasteiger partial charge in [-0.1, -0.05) is 12.2 Å². The van der Waals surface area contributed by atoms with Crippen molar-refractivity contribution in [2.24, 2.45) is 0 Å². The number of nitrogens with zero attached hydrogens (tertiary/aromatic N) is 4. The first-order valence-corrected chi connectivity index (χ1v) is 10.1. The van der Waals surface area contributed by atoms with E-state index in [9.17, 15) is 9.59 Å². The molecule has 3 amide bonds. The maximum atomic E-state index is 12.3. The summed E-state index contributed by atoms with van der Waals surface area (Å²) in [6.07, 6.45) is 6.37. The fraction of sp³-hybridized carbons (Fsp3) is 0.318. The molecular formula is C22H26N6O2. The van der Waals surface area contributed by atoms with Crippen LogP contribution in [0, 0.1) is 0 Å². The van der Waals surface area contributed by atoms with Crippen LogP contribution in [0.2, 0.25) is 0 Å². The zero-order chi connectivity index (χ0) is 21.3. The number of rotatable bonds is 4. The summed E-state index contributed by atoms with van der Waals surface area (Å²) in [6.45, 7) is 6.02. The third-order valence-electron chi connectivity index (χ3n) is 5.42. The second kappa shape index (κ2) is 8.06. The number of urea groups is 1. The molecule has 2 aromatic rings. The van der Waals surface area contributed by atoms with Crippen molar-refractivity contribution in [1.82, 2.24) is 20.0 Å². The van der Waals surface area contributed by atoms with E-state index in [1.807, 2.05) is 62.0 Å². The van der Waals surface area contributed by atoms with Crippen molar-refractivity contribution < 1.29 is 9.59 Å². The van der Waals surface area contributed by atoms with E-state index < -0.39 is 0 Å². The molecule has 30 heavy (non-hydrogen) atoms. The lowest BCUT2D eigenvalue weighted by Gasteiger charge is -2.26. The summed E-state index contributed by atoms with van der Waals surface area (Å²) in [4.78, 5) is 28.5. The quantitative estimate of drug-likeness (QED) is 0.764. The van der Waals surface area contributed by atoms with Gasteiger partial charge in [-0.05, 0) is 50.1 Å². The molecule has 0 saturated carbocycles. The average molecular weight is 406 g/mol. The number of nitrogens with one attached hydrogen (secondary N) is 2. The predicted molar refractivity (Wildman–Crippen MR) is 117 cm³/mol. The molecular weight excluding hydrogens is 380 g/mol. The van der Waals surface area contributed by atoms with Crippen molar-refractivity contribution in [3.8, 4) is 0 Å². The molecule has 0 bridgehead atoms. The summed E-state index contributed by atoms with van der Waals surface area (Å²) in [5, 5.41) is 10.1. The minimum absolute atomic E-state index is 0.0742. The van der Waals surface area contributed by atoms with Gasteiger partial charge < -0.3 is 15.1 Å². The molecule has 156 valence electrons. The van der Waals surface area contributed by atoms with E-state index in [0.717, 1.165) is 54.4 Å². The number of benzene rings is 1. The molecule has 2 aliphatic rings. The summed E-state index contributed by atoms with van der Waals surface area (Å²) < 4.78 is 1.89. The minimum Gasteiger partial charge on any atom is -0.341 e. The fourth-order valence-corrected chi connectivity index (χ4v) is 3.85. The first-order chi connectivity index (χ1) is 14.5. The van der Waals surface area contributed by atoms with Crippen LogP contribution < -0.4 is 15.5 Å². The van der Waals surface area contributed by atoms with Gasteiger partial charge in [0.1, 0.15) is 5.82 Å². The molecule has 0 spiro atoms. The van der Waals surface area contributed by atoms with Crippen LogP contribution in [0.1, 0.15) is 29.8 Å². The highest BCUT2D eigenvalue weighted by atomic mass is 16.2. The van der Waals surface area contributed by atoms with E-state index in [1.54, 1.807) is 4.90 Å². The normalized spacial score (nSPS) is 16.1. The molecule has 8 heteroatoms. The Balaban J connectivity index is 1.51. The van der Waals surface area contributed by atoms with Crippen LogP contribution >= 0.6 is 0 Å². The average Bonchev–Trinajstić information content (AvgIpc) is 3.30. The number of anilines is 3. The smallest absolute Gasteiger partial charge is 0.324 e. The van der Waals surface area contributed by atoms with Crippen LogP contribution in [0.5, 0.6) is 0 Å². The van der Waals surface area contributed by atoms with Crippen molar-refractivity contribution in [2.75, 3.05) is 30.4 Å². The number of allylic oxidation sites excluding steroid dienone is 3. The summed E-state index contributed by atoms with van der Waals surface area (Å²) in [7, 11) is 1.83. The number of aromatic nitrogens is 2. The maximum absolute atomic E-state index is 12.3. The first kappa shape index (κ1) is 19.8. The van der Waals surface area contributed by atoms with Crippen LogP contribution in [0.25, 0.3) is 0 Å². The number of hydrogen-bond donors (Lipinski definition) is 2. The summed E-state index contributed by atoms with van der Waals surface area (Å²) in [5.74, 6) is 1.49. The van der Waals surface area contributed by atoms with Gasteiger partial charge in [0.2, 0.25) is 0 Å². The number of carbonyl (C=O) groups is 2. The molecule has 4 rings (SSSR count). The van der Waals surface area contributed by atoms with Crippen molar-refractivity contribution in [3.63, 3.8) is 0 Å². The minimum atomic E-state index is -0.332. The lowest BCUT2D eigenvalue weighted by atomic mass is 9.98. The van der Waals surface area contributed by atoms with Crippen LogP contribution in [-0.2, 0) is 13.0 Å². The first-order valence-electron chi connectivity index (χ1n) is 10.1. The van der Waals surface area contributed by atoms with E-state index >= 15 is 0 Å². The molecule has 2 aliphatic heterocycles.